The second-order valence-corrected chi connectivity index (χ2v) is 6.89. The molecule has 0 aromatic carbocycles. The lowest BCUT2D eigenvalue weighted by Gasteiger charge is -2.37. The van der Waals surface area contributed by atoms with Crippen molar-refractivity contribution in [3.63, 3.8) is 0 Å². The van der Waals surface area contributed by atoms with Gasteiger partial charge in [-0.2, -0.15) is 11.8 Å². The first kappa shape index (κ1) is 14.8. The Hall–Kier alpha value is -0.220. The van der Waals surface area contributed by atoms with Crippen LogP contribution in [0, 0.1) is 0 Å². The van der Waals surface area contributed by atoms with Gasteiger partial charge in [-0.25, -0.2) is 0 Å². The Morgan fingerprint density at radius 2 is 2.24 bits per heavy atom. The van der Waals surface area contributed by atoms with Crippen LogP contribution in [0.1, 0.15) is 40.0 Å². The van der Waals surface area contributed by atoms with Crippen molar-refractivity contribution in [2.75, 3.05) is 25.9 Å². The average molecular weight is 258 g/mol. The number of piperidine rings is 1. The minimum Gasteiger partial charge on any atom is -0.340 e. The molecule has 0 bridgehead atoms. The van der Waals surface area contributed by atoms with Gasteiger partial charge in [-0.1, -0.05) is 6.92 Å². The molecule has 1 N–H and O–H groups in total. The molecule has 100 valence electrons. The highest BCUT2D eigenvalue weighted by atomic mass is 32.2. The van der Waals surface area contributed by atoms with Crippen LogP contribution < -0.4 is 5.32 Å². The summed E-state index contributed by atoms with van der Waals surface area (Å²) < 4.78 is 0.155. The zero-order valence-corrected chi connectivity index (χ0v) is 12.4. The van der Waals surface area contributed by atoms with Gasteiger partial charge in [-0.3, -0.25) is 4.79 Å². The zero-order valence-electron chi connectivity index (χ0n) is 11.6. The van der Waals surface area contributed by atoms with E-state index in [1.165, 1.54) is 0 Å². The van der Waals surface area contributed by atoms with E-state index in [2.05, 4.69) is 32.3 Å². The number of carbonyl (C=O) groups is 1. The first-order valence-electron chi connectivity index (χ1n) is 6.57. The van der Waals surface area contributed by atoms with Crippen molar-refractivity contribution in [1.29, 1.82) is 0 Å². The molecule has 1 fully saturated rings. The highest BCUT2D eigenvalue weighted by Gasteiger charge is 2.31. The number of thioether (sulfide) groups is 1. The van der Waals surface area contributed by atoms with E-state index in [-0.39, 0.29) is 10.8 Å². The maximum atomic E-state index is 12.3. The molecule has 17 heavy (non-hydrogen) atoms. The summed E-state index contributed by atoms with van der Waals surface area (Å²) in [6.07, 6.45) is 5.31. The van der Waals surface area contributed by atoms with E-state index in [4.69, 9.17) is 0 Å². The van der Waals surface area contributed by atoms with E-state index < -0.39 is 0 Å². The SMILES string of the molecule is CCCNC1CCCN(CC(C)(C)SC)C1=O. The predicted octanol–water partition coefficient (Wildman–Crippen LogP) is 2.12. The number of carbonyl (C=O) groups excluding carboxylic acids is 1. The molecular formula is C13H26N2OS. The quantitative estimate of drug-likeness (QED) is 0.792. The second kappa shape index (κ2) is 6.64. The van der Waals surface area contributed by atoms with E-state index in [0.717, 1.165) is 38.9 Å². The number of amides is 1. The van der Waals surface area contributed by atoms with E-state index >= 15 is 0 Å². The maximum absolute atomic E-state index is 12.3. The third kappa shape index (κ3) is 4.51. The number of likely N-dealkylation sites (tertiary alicyclic amines) is 1. The van der Waals surface area contributed by atoms with Crippen molar-refractivity contribution in [2.45, 2.75) is 50.8 Å². The molecule has 4 heteroatoms. The number of hydrogen-bond donors (Lipinski definition) is 1. The van der Waals surface area contributed by atoms with Crippen LogP contribution in [0.25, 0.3) is 0 Å². The largest absolute Gasteiger partial charge is 0.340 e. The highest BCUT2D eigenvalue weighted by molar-refractivity contribution is 7.99. The lowest BCUT2D eigenvalue weighted by Crippen LogP contribution is -2.53. The van der Waals surface area contributed by atoms with Crippen LogP contribution in [0.3, 0.4) is 0 Å². The van der Waals surface area contributed by atoms with Gasteiger partial charge >= 0.3 is 0 Å². The van der Waals surface area contributed by atoms with Crippen LogP contribution in [0.4, 0.5) is 0 Å². The third-order valence-electron chi connectivity index (χ3n) is 3.30. The summed E-state index contributed by atoms with van der Waals surface area (Å²) in [5.74, 6) is 0.298. The summed E-state index contributed by atoms with van der Waals surface area (Å²) in [6, 6.07) is 0.0568. The lowest BCUT2D eigenvalue weighted by atomic mass is 10.0. The molecule has 1 amide bonds. The van der Waals surface area contributed by atoms with E-state index in [9.17, 15) is 4.79 Å². The van der Waals surface area contributed by atoms with E-state index in [1.54, 1.807) is 0 Å². The smallest absolute Gasteiger partial charge is 0.239 e. The van der Waals surface area contributed by atoms with Gasteiger partial charge in [0.1, 0.15) is 0 Å². The second-order valence-electron chi connectivity index (χ2n) is 5.37. The molecule has 1 atom stereocenters. The van der Waals surface area contributed by atoms with E-state index in [1.807, 2.05) is 16.7 Å². The average Bonchev–Trinajstić information content (AvgIpc) is 2.30. The molecule has 1 aliphatic rings. The van der Waals surface area contributed by atoms with Crippen LogP contribution in [0.15, 0.2) is 0 Å². The minimum atomic E-state index is 0.0568. The Labute approximate surface area is 110 Å². The molecule has 1 saturated heterocycles. The summed E-state index contributed by atoms with van der Waals surface area (Å²) in [4.78, 5) is 14.3. The Morgan fingerprint density at radius 3 is 2.82 bits per heavy atom. The molecule has 0 spiro atoms. The minimum absolute atomic E-state index is 0.0568. The number of nitrogens with one attached hydrogen (secondary N) is 1. The van der Waals surface area contributed by atoms with Crippen molar-refractivity contribution in [1.82, 2.24) is 10.2 Å². The summed E-state index contributed by atoms with van der Waals surface area (Å²) in [5, 5.41) is 3.36. The molecule has 1 heterocycles. The van der Waals surface area contributed by atoms with Crippen LogP contribution in [-0.2, 0) is 4.79 Å². The number of nitrogens with zero attached hydrogens (tertiary/aromatic N) is 1. The molecule has 0 aromatic heterocycles. The number of hydrogen-bond acceptors (Lipinski definition) is 3. The monoisotopic (exact) mass is 258 g/mol. The van der Waals surface area contributed by atoms with Crippen LogP contribution in [-0.4, -0.2) is 47.5 Å². The fraction of sp³-hybridized carbons (Fsp3) is 0.923. The third-order valence-corrected chi connectivity index (χ3v) is 4.53. The fourth-order valence-corrected chi connectivity index (χ4v) is 2.41. The first-order chi connectivity index (χ1) is 8.00. The fourth-order valence-electron chi connectivity index (χ4n) is 2.13. The van der Waals surface area contributed by atoms with Crippen molar-refractivity contribution in [3.8, 4) is 0 Å². The van der Waals surface area contributed by atoms with Crippen molar-refractivity contribution in [3.05, 3.63) is 0 Å². The predicted molar refractivity (Wildman–Crippen MR) is 75.5 cm³/mol. The van der Waals surface area contributed by atoms with Gasteiger partial charge in [0.2, 0.25) is 5.91 Å². The van der Waals surface area contributed by atoms with Gasteiger partial charge in [-0.15, -0.1) is 0 Å². The van der Waals surface area contributed by atoms with Gasteiger partial charge in [0.05, 0.1) is 6.04 Å². The van der Waals surface area contributed by atoms with Gasteiger partial charge in [0, 0.05) is 17.8 Å². The van der Waals surface area contributed by atoms with E-state index in [0.29, 0.717) is 5.91 Å². The van der Waals surface area contributed by atoms with Crippen molar-refractivity contribution >= 4 is 17.7 Å². The Kier molecular flexibility index (Phi) is 5.80. The molecule has 1 aliphatic heterocycles. The molecular weight excluding hydrogens is 232 g/mol. The molecule has 0 saturated carbocycles. The molecule has 0 aliphatic carbocycles. The Morgan fingerprint density at radius 1 is 1.53 bits per heavy atom. The van der Waals surface area contributed by atoms with Crippen molar-refractivity contribution < 1.29 is 4.79 Å². The van der Waals surface area contributed by atoms with Crippen LogP contribution >= 0.6 is 11.8 Å². The van der Waals surface area contributed by atoms with Crippen LogP contribution in [0.5, 0.6) is 0 Å². The summed E-state index contributed by atoms with van der Waals surface area (Å²) in [7, 11) is 0. The molecule has 1 unspecified atom stereocenters. The lowest BCUT2D eigenvalue weighted by molar-refractivity contribution is -0.136. The number of rotatable bonds is 6. The van der Waals surface area contributed by atoms with Gasteiger partial charge < -0.3 is 10.2 Å². The summed E-state index contributed by atoms with van der Waals surface area (Å²) in [6.45, 7) is 9.26. The maximum Gasteiger partial charge on any atom is 0.239 e. The first-order valence-corrected chi connectivity index (χ1v) is 7.80. The van der Waals surface area contributed by atoms with Gasteiger partial charge in [0.25, 0.3) is 0 Å². The summed E-state index contributed by atoms with van der Waals surface area (Å²) in [5.41, 5.74) is 0. The molecule has 0 radical (unpaired) electrons. The van der Waals surface area contributed by atoms with Gasteiger partial charge in [-0.05, 0) is 45.9 Å². The normalized spacial score (nSPS) is 22.0. The molecule has 0 aromatic rings. The Bertz CT molecular complexity index is 256. The zero-order chi connectivity index (χ0) is 12.9. The van der Waals surface area contributed by atoms with Crippen LogP contribution in [0.2, 0.25) is 0 Å². The van der Waals surface area contributed by atoms with Crippen molar-refractivity contribution in [2.24, 2.45) is 0 Å². The molecule has 1 rings (SSSR count). The molecule has 3 nitrogen and oxygen atoms in total. The summed E-state index contributed by atoms with van der Waals surface area (Å²) >= 11 is 1.83. The standard InChI is InChI=1S/C13H26N2OS/c1-5-8-14-11-7-6-9-15(12(11)16)10-13(2,3)17-4/h11,14H,5-10H2,1-4H3. The van der Waals surface area contributed by atoms with Gasteiger partial charge in [0.15, 0.2) is 0 Å². The Balaban J connectivity index is 2.53. The highest BCUT2D eigenvalue weighted by Crippen LogP contribution is 2.24. The topological polar surface area (TPSA) is 32.3 Å².